The molecular formula is C22H30N8O9. The zero-order chi connectivity index (χ0) is 28.9. The number of aromatic nitrogens is 4. The van der Waals surface area contributed by atoms with E-state index in [9.17, 15) is 33.9 Å². The molecule has 4 atom stereocenters. The number of hydrogen-bond acceptors (Lipinski definition) is 9. The molecule has 0 aromatic carbocycles. The van der Waals surface area contributed by atoms with Gasteiger partial charge in [-0.1, -0.05) is 0 Å². The molecule has 2 rings (SSSR count). The van der Waals surface area contributed by atoms with Crippen LogP contribution in [-0.4, -0.2) is 95.1 Å². The lowest BCUT2D eigenvalue weighted by Crippen LogP contribution is -2.57. The van der Waals surface area contributed by atoms with Crippen molar-refractivity contribution in [2.75, 3.05) is 0 Å². The van der Waals surface area contributed by atoms with Gasteiger partial charge >= 0.3 is 17.9 Å². The fourth-order valence-electron chi connectivity index (χ4n) is 3.44. The van der Waals surface area contributed by atoms with E-state index in [4.69, 9.17) is 15.9 Å². The van der Waals surface area contributed by atoms with E-state index >= 15 is 0 Å². The molecule has 3 amide bonds. The first-order valence-electron chi connectivity index (χ1n) is 11.7. The van der Waals surface area contributed by atoms with Crippen LogP contribution < -0.4 is 21.7 Å². The van der Waals surface area contributed by atoms with Crippen LogP contribution in [0.5, 0.6) is 0 Å². The minimum absolute atomic E-state index is 0.0841. The van der Waals surface area contributed by atoms with E-state index in [0.29, 0.717) is 11.4 Å². The quantitative estimate of drug-likeness (QED) is 0.0989. The van der Waals surface area contributed by atoms with Crippen molar-refractivity contribution >= 4 is 35.6 Å². The van der Waals surface area contributed by atoms with Crippen molar-refractivity contribution in [3.05, 3.63) is 36.4 Å². The second-order valence-corrected chi connectivity index (χ2v) is 8.56. The number of hydrogen-bond donors (Lipinski definition) is 9. The van der Waals surface area contributed by atoms with Gasteiger partial charge in [-0.2, -0.15) is 0 Å². The summed E-state index contributed by atoms with van der Waals surface area (Å²) in [7, 11) is 0. The Morgan fingerprint density at radius 2 is 1.18 bits per heavy atom. The number of carboxylic acid groups (broad SMARTS) is 3. The Labute approximate surface area is 221 Å². The highest BCUT2D eigenvalue weighted by atomic mass is 16.4. The molecule has 0 saturated heterocycles. The maximum atomic E-state index is 13.2. The zero-order valence-corrected chi connectivity index (χ0v) is 20.6. The molecular weight excluding hydrogens is 520 g/mol. The Bertz CT molecular complexity index is 1140. The number of nitrogens with zero attached hydrogens (tertiary/aromatic N) is 2. The molecule has 0 aliphatic rings. The third kappa shape index (κ3) is 10.6. The van der Waals surface area contributed by atoms with Crippen molar-refractivity contribution in [3.63, 3.8) is 0 Å². The normalized spacial score (nSPS) is 13.9. The molecule has 4 unspecified atom stereocenters. The molecule has 2 aromatic rings. The summed E-state index contributed by atoms with van der Waals surface area (Å²) in [5.74, 6) is -6.69. The van der Waals surface area contributed by atoms with Gasteiger partial charge in [-0.3, -0.25) is 24.0 Å². The highest BCUT2D eigenvalue weighted by Crippen LogP contribution is 2.06. The predicted octanol–water partition coefficient (Wildman–Crippen LogP) is -2.49. The van der Waals surface area contributed by atoms with Gasteiger partial charge in [-0.25, -0.2) is 14.8 Å². The summed E-state index contributed by atoms with van der Waals surface area (Å²) in [6, 6.07) is -5.47. The topological polar surface area (TPSA) is 283 Å². The second-order valence-electron chi connectivity index (χ2n) is 8.56. The highest BCUT2D eigenvalue weighted by molar-refractivity contribution is 5.94. The number of carbonyl (C=O) groups excluding carboxylic acids is 3. The van der Waals surface area contributed by atoms with Crippen LogP contribution in [0, 0.1) is 0 Å². The molecule has 2 heterocycles. The number of carboxylic acids is 3. The summed E-state index contributed by atoms with van der Waals surface area (Å²) in [4.78, 5) is 85.5. The van der Waals surface area contributed by atoms with Crippen LogP contribution in [0.4, 0.5) is 0 Å². The number of nitrogens with two attached hydrogens (primary N) is 1. The molecule has 2 aromatic heterocycles. The van der Waals surface area contributed by atoms with Gasteiger partial charge in [-0.05, 0) is 12.8 Å². The average molecular weight is 551 g/mol. The molecule has 17 heteroatoms. The van der Waals surface area contributed by atoms with E-state index < -0.39 is 85.5 Å². The molecule has 0 aliphatic carbocycles. The van der Waals surface area contributed by atoms with E-state index in [1.54, 1.807) is 0 Å². The summed E-state index contributed by atoms with van der Waals surface area (Å²) in [6.45, 7) is 0. The molecule has 0 radical (unpaired) electrons. The van der Waals surface area contributed by atoms with Gasteiger partial charge in [0.15, 0.2) is 0 Å². The molecule has 0 aliphatic heterocycles. The molecule has 0 saturated carbocycles. The number of aromatic amines is 2. The summed E-state index contributed by atoms with van der Waals surface area (Å²) >= 11 is 0. The molecule has 39 heavy (non-hydrogen) atoms. The highest BCUT2D eigenvalue weighted by Gasteiger charge is 2.31. The van der Waals surface area contributed by atoms with Crippen LogP contribution in [-0.2, 0) is 41.6 Å². The first kappa shape index (κ1) is 30.4. The van der Waals surface area contributed by atoms with E-state index in [-0.39, 0.29) is 12.8 Å². The summed E-state index contributed by atoms with van der Waals surface area (Å²) in [5.41, 5.74) is 6.98. The maximum absolute atomic E-state index is 13.2. The molecule has 0 spiro atoms. The Morgan fingerprint density at radius 1 is 0.718 bits per heavy atom. The Kier molecular flexibility index (Phi) is 11.6. The Hall–Kier alpha value is -4.80. The maximum Gasteiger partial charge on any atom is 0.326 e. The molecule has 10 N–H and O–H groups in total. The summed E-state index contributed by atoms with van der Waals surface area (Å²) in [6.07, 6.45) is 3.66. The van der Waals surface area contributed by atoms with Crippen LogP contribution in [0.1, 0.15) is 37.1 Å². The number of H-pyrrole nitrogens is 2. The zero-order valence-electron chi connectivity index (χ0n) is 20.6. The molecule has 212 valence electrons. The van der Waals surface area contributed by atoms with Gasteiger partial charge in [-0.15, -0.1) is 0 Å². The lowest BCUT2D eigenvalue weighted by Gasteiger charge is -2.25. The fourth-order valence-corrected chi connectivity index (χ4v) is 3.44. The van der Waals surface area contributed by atoms with Gasteiger partial charge in [0.25, 0.3) is 0 Å². The third-order valence-electron chi connectivity index (χ3n) is 5.48. The first-order chi connectivity index (χ1) is 18.5. The van der Waals surface area contributed by atoms with Gasteiger partial charge in [0.05, 0.1) is 18.7 Å². The van der Waals surface area contributed by atoms with Gasteiger partial charge in [0.1, 0.15) is 18.1 Å². The van der Waals surface area contributed by atoms with Crippen molar-refractivity contribution in [2.24, 2.45) is 5.73 Å². The van der Waals surface area contributed by atoms with E-state index in [1.165, 1.54) is 25.0 Å². The SMILES string of the molecule is NC(Cc1cnc[nH]1)C(=O)NC(Cc1cnc[nH]1)C(=O)NC(CCC(=O)O)C(=O)NC(CCC(=O)O)C(=O)O. The predicted molar refractivity (Wildman–Crippen MR) is 130 cm³/mol. The summed E-state index contributed by atoms with van der Waals surface area (Å²) in [5, 5.41) is 34.2. The van der Waals surface area contributed by atoms with Crippen molar-refractivity contribution in [3.8, 4) is 0 Å². The van der Waals surface area contributed by atoms with Crippen LogP contribution in [0.15, 0.2) is 25.0 Å². The Morgan fingerprint density at radius 3 is 1.67 bits per heavy atom. The fraction of sp³-hybridized carbons (Fsp3) is 0.455. The number of aliphatic carboxylic acids is 3. The van der Waals surface area contributed by atoms with Crippen molar-refractivity contribution < 1.29 is 44.1 Å². The molecule has 0 fully saturated rings. The van der Waals surface area contributed by atoms with Crippen LogP contribution in [0.3, 0.4) is 0 Å². The van der Waals surface area contributed by atoms with Gasteiger partial charge in [0, 0.05) is 49.5 Å². The standard InChI is InChI=1S/C22H30N8O9/c23-13(5-11-7-24-9-26-11)19(35)30-16(6-12-8-25-10-27-12)21(37)28-14(1-3-17(31)32)20(36)29-15(22(38)39)2-4-18(33)34/h7-10,13-16H,1-6,23H2,(H,24,26)(H,25,27)(H,28,37)(H,29,36)(H,30,35)(H,31,32)(H,33,34)(H,38,39). The average Bonchev–Trinajstić information content (AvgIpc) is 3.57. The number of carbonyl (C=O) groups is 6. The lowest BCUT2D eigenvalue weighted by atomic mass is 10.1. The molecule has 0 bridgehead atoms. The van der Waals surface area contributed by atoms with Crippen LogP contribution in [0.25, 0.3) is 0 Å². The minimum Gasteiger partial charge on any atom is -0.481 e. The third-order valence-corrected chi connectivity index (χ3v) is 5.48. The van der Waals surface area contributed by atoms with E-state index in [0.717, 1.165) is 0 Å². The minimum atomic E-state index is -1.60. The lowest BCUT2D eigenvalue weighted by molar-refractivity contribution is -0.144. The molecule has 17 nitrogen and oxygen atoms in total. The monoisotopic (exact) mass is 550 g/mol. The Balaban J connectivity index is 2.17. The van der Waals surface area contributed by atoms with Crippen molar-refractivity contribution in [1.82, 2.24) is 35.9 Å². The van der Waals surface area contributed by atoms with E-state index in [1.807, 2.05) is 0 Å². The van der Waals surface area contributed by atoms with Crippen LogP contribution in [0.2, 0.25) is 0 Å². The number of amides is 3. The largest absolute Gasteiger partial charge is 0.481 e. The van der Waals surface area contributed by atoms with Crippen LogP contribution >= 0.6 is 0 Å². The smallest absolute Gasteiger partial charge is 0.326 e. The number of nitrogens with one attached hydrogen (secondary N) is 5. The van der Waals surface area contributed by atoms with Gasteiger partial charge < -0.3 is 47.0 Å². The second kappa shape index (κ2) is 14.8. The first-order valence-corrected chi connectivity index (χ1v) is 11.7. The van der Waals surface area contributed by atoms with Crippen molar-refractivity contribution in [2.45, 2.75) is 62.7 Å². The summed E-state index contributed by atoms with van der Waals surface area (Å²) < 4.78 is 0. The number of rotatable bonds is 17. The van der Waals surface area contributed by atoms with E-state index in [2.05, 4.69) is 35.9 Å². The van der Waals surface area contributed by atoms with Crippen molar-refractivity contribution in [1.29, 1.82) is 0 Å². The van der Waals surface area contributed by atoms with Gasteiger partial charge in [0.2, 0.25) is 17.7 Å². The number of imidazole rings is 2.